The summed E-state index contributed by atoms with van der Waals surface area (Å²) in [6, 6.07) is 8.43. The number of Topliss-reactive ketones (excluding diaryl/α,β-unsaturated/α-hetero) is 1. The molecule has 0 fully saturated rings. The van der Waals surface area contributed by atoms with Crippen molar-refractivity contribution < 1.29 is 28.6 Å². The fraction of sp³-hybridized carbons (Fsp3) is 0.550. The van der Waals surface area contributed by atoms with E-state index in [-0.39, 0.29) is 6.42 Å². The number of nitrogens with one attached hydrogen (secondary N) is 1. The van der Waals surface area contributed by atoms with Crippen molar-refractivity contribution in [3.8, 4) is 0 Å². The molecule has 0 aromatic heterocycles. The second kappa shape index (κ2) is 11.3. The van der Waals surface area contributed by atoms with Crippen LogP contribution >= 0.6 is 0 Å². The Kier molecular flexibility index (Phi) is 9.50. The third-order valence-electron chi connectivity index (χ3n) is 3.49. The fourth-order valence-electron chi connectivity index (χ4n) is 2.23. The van der Waals surface area contributed by atoms with Crippen molar-refractivity contribution in [1.29, 1.82) is 0 Å². The van der Waals surface area contributed by atoms with Gasteiger partial charge in [0.05, 0.1) is 13.7 Å². The van der Waals surface area contributed by atoms with E-state index in [1.807, 2.05) is 30.3 Å². The number of ketones is 1. The van der Waals surface area contributed by atoms with Crippen LogP contribution in [0.3, 0.4) is 0 Å². The molecule has 1 rings (SSSR count). The molecule has 7 nitrogen and oxygen atoms in total. The largest absolute Gasteiger partial charge is 0.467 e. The van der Waals surface area contributed by atoms with Crippen LogP contribution in [-0.2, 0) is 30.4 Å². The SMILES string of the molecule is COC(=O)C(NC(=O)OC(C)(C)C)C(=O)CCCCOCc1ccccc1. The number of carbonyl (C=O) groups is 3. The standard InChI is InChI=1S/C20H29NO6/c1-20(2,3)27-19(24)21-17(18(23)25-4)16(22)12-8-9-13-26-14-15-10-6-5-7-11-15/h5-7,10-11,17H,8-9,12-14H2,1-4H3,(H,21,24). The molecular formula is C20H29NO6. The van der Waals surface area contributed by atoms with E-state index in [1.165, 1.54) is 0 Å². The van der Waals surface area contributed by atoms with Crippen molar-refractivity contribution >= 4 is 17.8 Å². The molecule has 27 heavy (non-hydrogen) atoms. The molecule has 0 radical (unpaired) electrons. The molecule has 0 aliphatic carbocycles. The Morgan fingerprint density at radius 2 is 1.74 bits per heavy atom. The highest BCUT2D eigenvalue weighted by atomic mass is 16.6. The van der Waals surface area contributed by atoms with Gasteiger partial charge in [-0.25, -0.2) is 9.59 Å². The van der Waals surface area contributed by atoms with Crippen molar-refractivity contribution in [2.75, 3.05) is 13.7 Å². The van der Waals surface area contributed by atoms with Crippen LogP contribution in [0.1, 0.15) is 45.6 Å². The minimum absolute atomic E-state index is 0.129. The van der Waals surface area contributed by atoms with Gasteiger partial charge in [0.1, 0.15) is 5.60 Å². The lowest BCUT2D eigenvalue weighted by Crippen LogP contribution is -2.48. The Bertz CT molecular complexity index is 609. The van der Waals surface area contributed by atoms with E-state index in [2.05, 4.69) is 10.1 Å². The second-order valence-corrected chi connectivity index (χ2v) is 7.06. The summed E-state index contributed by atoms with van der Waals surface area (Å²) in [6.45, 7) is 6.09. The first-order valence-electron chi connectivity index (χ1n) is 8.94. The number of methoxy groups -OCH3 is 1. The minimum Gasteiger partial charge on any atom is -0.467 e. The smallest absolute Gasteiger partial charge is 0.408 e. The highest BCUT2D eigenvalue weighted by Gasteiger charge is 2.30. The third-order valence-corrected chi connectivity index (χ3v) is 3.49. The maximum atomic E-state index is 12.3. The molecule has 0 saturated heterocycles. The zero-order valence-corrected chi connectivity index (χ0v) is 16.4. The quantitative estimate of drug-likeness (QED) is 0.382. The first-order chi connectivity index (χ1) is 12.7. The number of ether oxygens (including phenoxy) is 3. The Labute approximate surface area is 160 Å². The van der Waals surface area contributed by atoms with Crippen LogP contribution in [0.2, 0.25) is 0 Å². The van der Waals surface area contributed by atoms with Gasteiger partial charge in [0.2, 0.25) is 0 Å². The lowest BCUT2D eigenvalue weighted by molar-refractivity contribution is -0.146. The van der Waals surface area contributed by atoms with E-state index in [0.29, 0.717) is 26.1 Å². The van der Waals surface area contributed by atoms with E-state index >= 15 is 0 Å². The maximum Gasteiger partial charge on any atom is 0.408 e. The molecule has 0 aliphatic rings. The zero-order valence-electron chi connectivity index (χ0n) is 16.4. The lowest BCUT2D eigenvalue weighted by atomic mass is 10.1. The van der Waals surface area contributed by atoms with Gasteiger partial charge in [0.15, 0.2) is 11.8 Å². The first-order valence-corrected chi connectivity index (χ1v) is 8.94. The molecule has 1 aromatic rings. The number of hydrogen-bond acceptors (Lipinski definition) is 6. The van der Waals surface area contributed by atoms with Gasteiger partial charge < -0.3 is 19.5 Å². The maximum absolute atomic E-state index is 12.3. The average molecular weight is 379 g/mol. The summed E-state index contributed by atoms with van der Waals surface area (Å²) in [6.07, 6.45) is 0.498. The predicted octanol–water partition coefficient (Wildman–Crippen LogP) is 3.01. The number of rotatable bonds is 10. The van der Waals surface area contributed by atoms with Gasteiger partial charge in [0.25, 0.3) is 0 Å². The lowest BCUT2D eigenvalue weighted by Gasteiger charge is -2.22. The molecule has 0 saturated carbocycles. The molecule has 1 aromatic carbocycles. The highest BCUT2D eigenvalue weighted by Crippen LogP contribution is 2.09. The summed E-state index contributed by atoms with van der Waals surface area (Å²) < 4.78 is 15.2. The van der Waals surface area contributed by atoms with Gasteiger partial charge in [0, 0.05) is 13.0 Å². The average Bonchev–Trinajstić information content (AvgIpc) is 2.61. The number of amides is 1. The molecule has 1 N–H and O–H groups in total. The van der Waals surface area contributed by atoms with Gasteiger partial charge in [-0.3, -0.25) is 4.79 Å². The summed E-state index contributed by atoms with van der Waals surface area (Å²) >= 11 is 0. The summed E-state index contributed by atoms with van der Waals surface area (Å²) in [4.78, 5) is 35.9. The molecule has 150 valence electrons. The number of benzene rings is 1. The van der Waals surface area contributed by atoms with Gasteiger partial charge in [-0.15, -0.1) is 0 Å². The number of unbranched alkanes of at least 4 members (excludes halogenated alkanes) is 1. The highest BCUT2D eigenvalue weighted by molar-refractivity contribution is 6.05. The van der Waals surface area contributed by atoms with Gasteiger partial charge in [-0.2, -0.15) is 0 Å². The van der Waals surface area contributed by atoms with Crippen LogP contribution < -0.4 is 5.32 Å². The van der Waals surface area contributed by atoms with E-state index in [4.69, 9.17) is 9.47 Å². The van der Waals surface area contributed by atoms with Crippen LogP contribution in [-0.4, -0.2) is 43.2 Å². The van der Waals surface area contributed by atoms with E-state index < -0.39 is 29.5 Å². The van der Waals surface area contributed by atoms with Crippen LogP contribution in [0.25, 0.3) is 0 Å². The van der Waals surface area contributed by atoms with E-state index in [1.54, 1.807) is 20.8 Å². The van der Waals surface area contributed by atoms with Crippen LogP contribution in [0.15, 0.2) is 30.3 Å². The predicted molar refractivity (Wildman–Crippen MR) is 100 cm³/mol. The summed E-state index contributed by atoms with van der Waals surface area (Å²) in [5.74, 6) is -1.23. The second-order valence-electron chi connectivity index (χ2n) is 7.06. The molecule has 0 heterocycles. The number of hydrogen-bond donors (Lipinski definition) is 1. The Hall–Kier alpha value is -2.41. The summed E-state index contributed by atoms with van der Waals surface area (Å²) in [5.41, 5.74) is 0.352. The first kappa shape index (κ1) is 22.6. The molecule has 7 heteroatoms. The zero-order chi connectivity index (χ0) is 20.3. The molecule has 1 unspecified atom stereocenters. The van der Waals surface area contributed by atoms with Crippen LogP contribution in [0, 0.1) is 0 Å². The normalized spacial score (nSPS) is 12.1. The molecule has 0 spiro atoms. The molecule has 1 atom stereocenters. The molecular weight excluding hydrogens is 350 g/mol. The van der Waals surface area contributed by atoms with Crippen molar-refractivity contribution in [3.63, 3.8) is 0 Å². The molecule has 1 amide bonds. The summed E-state index contributed by atoms with van der Waals surface area (Å²) in [5, 5.41) is 2.28. The van der Waals surface area contributed by atoms with Gasteiger partial charge in [-0.1, -0.05) is 30.3 Å². The fourth-order valence-corrected chi connectivity index (χ4v) is 2.23. The van der Waals surface area contributed by atoms with Crippen LogP contribution in [0.5, 0.6) is 0 Å². The van der Waals surface area contributed by atoms with Gasteiger partial charge >= 0.3 is 12.1 Å². The Balaban J connectivity index is 2.36. The van der Waals surface area contributed by atoms with Crippen LogP contribution in [0.4, 0.5) is 4.79 Å². The van der Waals surface area contributed by atoms with Crippen molar-refractivity contribution in [2.24, 2.45) is 0 Å². The van der Waals surface area contributed by atoms with Gasteiger partial charge in [-0.05, 0) is 39.2 Å². The third kappa shape index (κ3) is 9.75. The summed E-state index contributed by atoms with van der Waals surface area (Å²) in [7, 11) is 1.16. The number of carbonyl (C=O) groups excluding carboxylic acids is 3. The molecule has 0 aliphatic heterocycles. The minimum atomic E-state index is -1.37. The monoisotopic (exact) mass is 379 g/mol. The van der Waals surface area contributed by atoms with Crippen molar-refractivity contribution in [2.45, 2.75) is 58.3 Å². The van der Waals surface area contributed by atoms with E-state index in [0.717, 1.165) is 12.7 Å². The number of esters is 1. The molecule has 0 bridgehead atoms. The van der Waals surface area contributed by atoms with Crippen molar-refractivity contribution in [3.05, 3.63) is 35.9 Å². The Morgan fingerprint density at radius 3 is 2.33 bits per heavy atom. The number of alkyl carbamates (subject to hydrolysis) is 1. The Morgan fingerprint density at radius 1 is 1.07 bits per heavy atom. The van der Waals surface area contributed by atoms with E-state index in [9.17, 15) is 14.4 Å². The van der Waals surface area contributed by atoms with Crippen molar-refractivity contribution in [1.82, 2.24) is 5.32 Å². The topological polar surface area (TPSA) is 90.9 Å².